The molecule has 1 atom stereocenters. The number of carboxylic acids is 1. The lowest BCUT2D eigenvalue weighted by Gasteiger charge is -2.18. The number of carboxylic acid groups (broad SMARTS) is 1. The van der Waals surface area contributed by atoms with Crippen LogP contribution in [0, 0.1) is 0 Å². The van der Waals surface area contributed by atoms with Gasteiger partial charge in [-0.15, -0.1) is 0 Å². The Kier molecular flexibility index (Phi) is 4.28. The first-order valence-electron chi connectivity index (χ1n) is 6.75. The molecule has 0 fully saturated rings. The van der Waals surface area contributed by atoms with E-state index in [0.29, 0.717) is 11.3 Å². The molecule has 0 saturated carbocycles. The molecular formula is C17H17NO4. The average Bonchev–Trinajstić information content (AvgIpc) is 2.47. The van der Waals surface area contributed by atoms with Gasteiger partial charge >= 0.3 is 5.97 Å². The van der Waals surface area contributed by atoms with Gasteiger partial charge in [-0.1, -0.05) is 36.4 Å². The molecule has 114 valence electrons. The third-order valence-electron chi connectivity index (χ3n) is 3.40. The Hall–Kier alpha value is -2.66. The number of carbonyl (C=O) groups is 2. The number of nitrogens with one attached hydrogen (secondary N) is 1. The van der Waals surface area contributed by atoms with Gasteiger partial charge in [-0.2, -0.15) is 0 Å². The molecule has 0 bridgehead atoms. The van der Waals surface area contributed by atoms with Crippen LogP contribution in [0.2, 0.25) is 0 Å². The number of rotatable bonds is 4. The Bertz CT molecular complexity index is 688. The summed E-state index contributed by atoms with van der Waals surface area (Å²) in [5.41, 5.74) is 0.934. The van der Waals surface area contributed by atoms with Crippen LogP contribution in [0.4, 0.5) is 5.69 Å². The Morgan fingerprint density at radius 3 is 1.82 bits per heavy atom. The maximum atomic E-state index is 11.0. The summed E-state index contributed by atoms with van der Waals surface area (Å²) in [5.74, 6) is -1.42. The van der Waals surface area contributed by atoms with Crippen LogP contribution < -0.4 is 5.32 Å². The molecule has 0 aliphatic rings. The second kappa shape index (κ2) is 5.99. The summed E-state index contributed by atoms with van der Waals surface area (Å²) in [7, 11) is 0. The second-order valence-electron chi connectivity index (χ2n) is 5.21. The lowest BCUT2D eigenvalue weighted by Crippen LogP contribution is -2.31. The van der Waals surface area contributed by atoms with Crippen molar-refractivity contribution in [3.05, 3.63) is 54.1 Å². The van der Waals surface area contributed by atoms with Crippen LogP contribution in [0.5, 0.6) is 0 Å². The predicted octanol–water partition coefficient (Wildman–Crippen LogP) is 2.60. The third kappa shape index (κ3) is 3.32. The number of aliphatic carboxylic acids is 1. The molecule has 0 aliphatic carbocycles. The largest absolute Gasteiger partial charge is 0.479 e. The van der Waals surface area contributed by atoms with Gasteiger partial charge in [-0.3, -0.25) is 4.79 Å². The predicted molar refractivity (Wildman–Crippen MR) is 83.4 cm³/mol. The number of hydrogen-bond acceptors (Lipinski definition) is 3. The molecule has 2 aromatic carbocycles. The van der Waals surface area contributed by atoms with Crippen LogP contribution >= 0.6 is 0 Å². The van der Waals surface area contributed by atoms with E-state index in [1.165, 1.54) is 13.8 Å². The number of aliphatic hydroxyl groups is 1. The van der Waals surface area contributed by atoms with E-state index in [0.717, 1.165) is 11.1 Å². The van der Waals surface area contributed by atoms with E-state index in [2.05, 4.69) is 5.32 Å². The zero-order chi connectivity index (χ0) is 16.3. The summed E-state index contributed by atoms with van der Waals surface area (Å²) in [4.78, 5) is 22.0. The smallest absolute Gasteiger partial charge is 0.340 e. The van der Waals surface area contributed by atoms with Crippen LogP contribution in [0.1, 0.15) is 19.4 Å². The van der Waals surface area contributed by atoms with E-state index in [9.17, 15) is 14.7 Å². The molecule has 0 spiro atoms. The van der Waals surface area contributed by atoms with Crippen molar-refractivity contribution in [2.45, 2.75) is 19.4 Å². The van der Waals surface area contributed by atoms with Gasteiger partial charge in [0.25, 0.3) is 0 Å². The lowest BCUT2D eigenvalue weighted by atomic mass is 9.94. The summed E-state index contributed by atoms with van der Waals surface area (Å²) in [5, 5.41) is 21.6. The molecular weight excluding hydrogens is 282 g/mol. The molecule has 5 nitrogen and oxygen atoms in total. The summed E-state index contributed by atoms with van der Waals surface area (Å²) in [6.07, 6.45) is 0. The molecule has 5 heteroatoms. The van der Waals surface area contributed by atoms with Gasteiger partial charge in [0.15, 0.2) is 5.60 Å². The van der Waals surface area contributed by atoms with Crippen molar-refractivity contribution >= 4 is 17.6 Å². The van der Waals surface area contributed by atoms with Gasteiger partial charge in [0.05, 0.1) is 0 Å². The van der Waals surface area contributed by atoms with E-state index < -0.39 is 11.6 Å². The molecule has 0 radical (unpaired) electrons. The van der Waals surface area contributed by atoms with Crippen molar-refractivity contribution in [2.24, 2.45) is 0 Å². The molecule has 1 amide bonds. The minimum absolute atomic E-state index is 0.131. The zero-order valence-electron chi connectivity index (χ0n) is 12.3. The first kappa shape index (κ1) is 15.7. The normalized spacial score (nSPS) is 13.2. The van der Waals surface area contributed by atoms with Crippen LogP contribution in [0.15, 0.2) is 48.5 Å². The fraction of sp³-hybridized carbons (Fsp3) is 0.176. The van der Waals surface area contributed by atoms with Gasteiger partial charge in [-0.05, 0) is 35.7 Å². The van der Waals surface area contributed by atoms with Gasteiger partial charge in [-0.25, -0.2) is 4.79 Å². The molecule has 2 rings (SSSR count). The summed E-state index contributed by atoms with van der Waals surface area (Å²) >= 11 is 0. The van der Waals surface area contributed by atoms with E-state index in [1.54, 1.807) is 36.4 Å². The Labute approximate surface area is 128 Å². The van der Waals surface area contributed by atoms with Gasteiger partial charge in [0, 0.05) is 12.6 Å². The van der Waals surface area contributed by atoms with Gasteiger partial charge < -0.3 is 15.5 Å². The molecule has 0 aromatic heterocycles. The second-order valence-corrected chi connectivity index (χ2v) is 5.21. The van der Waals surface area contributed by atoms with Crippen LogP contribution in [-0.4, -0.2) is 22.1 Å². The van der Waals surface area contributed by atoms with Crippen molar-refractivity contribution in [1.29, 1.82) is 0 Å². The van der Waals surface area contributed by atoms with Crippen LogP contribution in [0.3, 0.4) is 0 Å². The monoisotopic (exact) mass is 299 g/mol. The van der Waals surface area contributed by atoms with E-state index >= 15 is 0 Å². The van der Waals surface area contributed by atoms with Crippen molar-refractivity contribution in [2.75, 3.05) is 5.32 Å². The van der Waals surface area contributed by atoms with E-state index in [1.807, 2.05) is 12.1 Å². The van der Waals surface area contributed by atoms with Crippen molar-refractivity contribution < 1.29 is 19.8 Å². The number of benzene rings is 2. The lowest BCUT2D eigenvalue weighted by molar-refractivity contribution is -0.157. The third-order valence-corrected chi connectivity index (χ3v) is 3.40. The quantitative estimate of drug-likeness (QED) is 0.810. The first-order valence-corrected chi connectivity index (χ1v) is 6.75. The SMILES string of the molecule is CC(=O)Nc1ccc(-c2ccc(C(C)(O)C(=O)O)cc2)cc1. The topological polar surface area (TPSA) is 86.6 Å². The van der Waals surface area contributed by atoms with Crippen molar-refractivity contribution in [1.82, 2.24) is 0 Å². The Balaban J connectivity index is 2.24. The Morgan fingerprint density at radius 2 is 1.41 bits per heavy atom. The van der Waals surface area contributed by atoms with Gasteiger partial charge in [0.2, 0.25) is 5.91 Å². The highest BCUT2D eigenvalue weighted by Gasteiger charge is 2.31. The number of anilines is 1. The van der Waals surface area contributed by atoms with E-state index in [4.69, 9.17) is 5.11 Å². The first-order chi connectivity index (χ1) is 10.3. The molecule has 2 aromatic rings. The van der Waals surface area contributed by atoms with Gasteiger partial charge in [0.1, 0.15) is 0 Å². The minimum atomic E-state index is -1.91. The molecule has 0 aliphatic heterocycles. The molecule has 0 heterocycles. The van der Waals surface area contributed by atoms with Crippen LogP contribution in [0.25, 0.3) is 11.1 Å². The van der Waals surface area contributed by atoms with Crippen molar-refractivity contribution in [3.63, 3.8) is 0 Å². The zero-order valence-corrected chi connectivity index (χ0v) is 12.3. The fourth-order valence-corrected chi connectivity index (χ4v) is 2.06. The number of carbonyl (C=O) groups excluding carboxylic acids is 1. The molecule has 0 saturated heterocycles. The molecule has 3 N–H and O–H groups in total. The number of hydrogen-bond donors (Lipinski definition) is 3. The number of amides is 1. The summed E-state index contributed by atoms with van der Waals surface area (Å²) < 4.78 is 0. The maximum Gasteiger partial charge on any atom is 0.340 e. The minimum Gasteiger partial charge on any atom is -0.479 e. The van der Waals surface area contributed by atoms with Crippen LogP contribution in [-0.2, 0) is 15.2 Å². The highest BCUT2D eigenvalue weighted by atomic mass is 16.4. The fourth-order valence-electron chi connectivity index (χ4n) is 2.06. The highest BCUT2D eigenvalue weighted by Crippen LogP contribution is 2.26. The Morgan fingerprint density at radius 1 is 0.955 bits per heavy atom. The summed E-state index contributed by atoms with van der Waals surface area (Å²) in [6, 6.07) is 14.0. The van der Waals surface area contributed by atoms with E-state index in [-0.39, 0.29) is 5.91 Å². The standard InChI is InChI=1S/C17H17NO4/c1-11(19)18-15-9-5-13(6-10-15)12-3-7-14(8-4-12)17(2,22)16(20)21/h3-10,22H,1-2H3,(H,18,19)(H,20,21). The highest BCUT2D eigenvalue weighted by molar-refractivity contribution is 5.89. The van der Waals surface area contributed by atoms with Crippen molar-refractivity contribution in [3.8, 4) is 11.1 Å². The maximum absolute atomic E-state index is 11.0. The molecule has 1 unspecified atom stereocenters. The molecule has 22 heavy (non-hydrogen) atoms. The average molecular weight is 299 g/mol. The summed E-state index contributed by atoms with van der Waals surface area (Å²) in [6.45, 7) is 2.69.